The maximum atomic E-state index is 5.32. The number of aryl methyl sites for hydroxylation is 2. The lowest BCUT2D eigenvalue weighted by atomic mass is 10.1. The summed E-state index contributed by atoms with van der Waals surface area (Å²) in [5, 5.41) is 7.69. The van der Waals surface area contributed by atoms with Crippen LogP contribution in [0.4, 0.5) is 5.69 Å². The Morgan fingerprint density at radius 1 is 1.00 bits per heavy atom. The molecule has 26 heavy (non-hydrogen) atoms. The highest BCUT2D eigenvalue weighted by Crippen LogP contribution is 2.37. The largest absolute Gasteiger partial charge is 0.493 e. The molecule has 0 spiro atoms. The highest BCUT2D eigenvalue weighted by atomic mass is 32.1. The minimum atomic E-state index is 0.403. The SMILES string of the molecule is COc1cc(/C=N/NC(=S)Nc2ccc(C)cc2C)cc(OC)c1OC. The number of hydrazone groups is 1. The zero-order valence-electron chi connectivity index (χ0n) is 15.5. The van der Waals surface area contributed by atoms with E-state index in [1.54, 1.807) is 39.7 Å². The third kappa shape index (κ3) is 4.86. The summed E-state index contributed by atoms with van der Waals surface area (Å²) in [4.78, 5) is 0. The van der Waals surface area contributed by atoms with Crippen LogP contribution in [0.25, 0.3) is 0 Å². The molecule has 7 heteroatoms. The summed E-state index contributed by atoms with van der Waals surface area (Å²) in [6, 6.07) is 9.70. The first kappa shape index (κ1) is 19.5. The Bertz CT molecular complexity index is 797. The van der Waals surface area contributed by atoms with Crippen molar-refractivity contribution in [2.45, 2.75) is 13.8 Å². The van der Waals surface area contributed by atoms with Crippen molar-refractivity contribution in [2.24, 2.45) is 5.10 Å². The normalized spacial score (nSPS) is 10.5. The number of methoxy groups -OCH3 is 3. The first-order valence-corrected chi connectivity index (χ1v) is 8.36. The van der Waals surface area contributed by atoms with E-state index in [0.29, 0.717) is 22.4 Å². The van der Waals surface area contributed by atoms with Crippen molar-refractivity contribution < 1.29 is 14.2 Å². The minimum absolute atomic E-state index is 0.403. The van der Waals surface area contributed by atoms with E-state index in [0.717, 1.165) is 16.8 Å². The van der Waals surface area contributed by atoms with Crippen LogP contribution in [0, 0.1) is 13.8 Å². The van der Waals surface area contributed by atoms with E-state index >= 15 is 0 Å². The molecule has 0 aromatic heterocycles. The van der Waals surface area contributed by atoms with Gasteiger partial charge in [0.15, 0.2) is 16.6 Å². The maximum Gasteiger partial charge on any atom is 0.203 e. The standard InChI is InChI=1S/C19H23N3O3S/c1-12-6-7-15(13(2)8-12)21-19(26)22-20-11-14-9-16(23-3)18(25-5)17(10-14)24-4/h6-11H,1-5H3,(H2,21,22,26)/b20-11+. The van der Waals surface area contributed by atoms with Crippen LogP contribution in [-0.2, 0) is 0 Å². The van der Waals surface area contributed by atoms with Crippen LogP contribution >= 0.6 is 12.2 Å². The lowest BCUT2D eigenvalue weighted by molar-refractivity contribution is 0.324. The van der Waals surface area contributed by atoms with Crippen LogP contribution in [0.5, 0.6) is 17.2 Å². The predicted octanol–water partition coefficient (Wildman–Crippen LogP) is 3.65. The molecule has 2 aromatic rings. The fraction of sp³-hybridized carbons (Fsp3) is 0.263. The molecule has 0 fully saturated rings. The van der Waals surface area contributed by atoms with Crippen LogP contribution in [-0.4, -0.2) is 32.7 Å². The van der Waals surface area contributed by atoms with Gasteiger partial charge in [0, 0.05) is 11.3 Å². The number of nitrogens with zero attached hydrogens (tertiary/aromatic N) is 1. The third-order valence-corrected chi connectivity index (χ3v) is 3.89. The van der Waals surface area contributed by atoms with Gasteiger partial charge in [-0.25, -0.2) is 0 Å². The molecule has 0 aliphatic rings. The number of anilines is 1. The summed E-state index contributed by atoms with van der Waals surface area (Å²) >= 11 is 5.28. The van der Waals surface area contributed by atoms with Gasteiger partial charge in [0.05, 0.1) is 27.5 Å². The summed E-state index contributed by atoms with van der Waals surface area (Å²) < 4.78 is 15.9. The van der Waals surface area contributed by atoms with Gasteiger partial charge in [-0.3, -0.25) is 5.43 Å². The predicted molar refractivity (Wildman–Crippen MR) is 109 cm³/mol. The molecular formula is C19H23N3O3S. The van der Waals surface area contributed by atoms with Crippen LogP contribution < -0.4 is 25.0 Å². The average molecular weight is 373 g/mol. The van der Waals surface area contributed by atoms with Gasteiger partial charge in [-0.2, -0.15) is 5.10 Å². The van der Waals surface area contributed by atoms with E-state index in [4.69, 9.17) is 26.4 Å². The zero-order chi connectivity index (χ0) is 19.1. The highest BCUT2D eigenvalue weighted by Gasteiger charge is 2.12. The van der Waals surface area contributed by atoms with Gasteiger partial charge in [-0.05, 0) is 49.8 Å². The van der Waals surface area contributed by atoms with Crippen LogP contribution in [0.2, 0.25) is 0 Å². The molecule has 0 saturated heterocycles. The first-order chi connectivity index (χ1) is 12.5. The van der Waals surface area contributed by atoms with Crippen LogP contribution in [0.15, 0.2) is 35.4 Å². The molecule has 0 radical (unpaired) electrons. The van der Waals surface area contributed by atoms with Crippen LogP contribution in [0.1, 0.15) is 16.7 Å². The molecule has 2 aromatic carbocycles. The Morgan fingerprint density at radius 3 is 2.19 bits per heavy atom. The van der Waals surface area contributed by atoms with E-state index in [1.807, 2.05) is 19.1 Å². The Balaban J connectivity index is 2.06. The van der Waals surface area contributed by atoms with Crippen molar-refractivity contribution in [3.8, 4) is 17.2 Å². The molecule has 6 nitrogen and oxygen atoms in total. The number of ether oxygens (including phenoxy) is 3. The number of thiocarbonyl (C=S) groups is 1. The molecule has 0 bridgehead atoms. The molecule has 2 N–H and O–H groups in total. The zero-order valence-corrected chi connectivity index (χ0v) is 16.4. The monoisotopic (exact) mass is 373 g/mol. The van der Waals surface area contributed by atoms with E-state index in [2.05, 4.69) is 28.8 Å². The number of benzene rings is 2. The van der Waals surface area contributed by atoms with Gasteiger partial charge in [-0.15, -0.1) is 0 Å². The number of hydrogen-bond acceptors (Lipinski definition) is 5. The molecule has 0 unspecified atom stereocenters. The second-order valence-electron chi connectivity index (χ2n) is 5.60. The van der Waals surface area contributed by atoms with Gasteiger partial charge >= 0.3 is 0 Å². The Morgan fingerprint density at radius 2 is 1.65 bits per heavy atom. The van der Waals surface area contributed by atoms with Gasteiger partial charge in [0.25, 0.3) is 0 Å². The average Bonchev–Trinajstić information content (AvgIpc) is 2.63. The topological polar surface area (TPSA) is 64.1 Å². The van der Waals surface area contributed by atoms with Crippen molar-refractivity contribution >= 4 is 29.2 Å². The fourth-order valence-electron chi connectivity index (χ4n) is 2.45. The number of hydrogen-bond donors (Lipinski definition) is 2. The molecule has 0 atom stereocenters. The molecule has 2 rings (SSSR count). The van der Waals surface area contributed by atoms with Crippen molar-refractivity contribution in [1.82, 2.24) is 5.43 Å². The van der Waals surface area contributed by atoms with E-state index in [-0.39, 0.29) is 0 Å². The smallest absolute Gasteiger partial charge is 0.203 e. The fourth-order valence-corrected chi connectivity index (χ4v) is 2.61. The summed E-state index contributed by atoms with van der Waals surface area (Å²) in [7, 11) is 4.70. The van der Waals surface area contributed by atoms with E-state index < -0.39 is 0 Å². The summed E-state index contributed by atoms with van der Waals surface area (Å²) in [6.07, 6.45) is 1.63. The second-order valence-corrected chi connectivity index (χ2v) is 6.01. The van der Waals surface area contributed by atoms with Gasteiger partial charge in [0.2, 0.25) is 5.75 Å². The molecule has 0 aliphatic heterocycles. The molecular weight excluding hydrogens is 350 g/mol. The molecule has 0 amide bonds. The minimum Gasteiger partial charge on any atom is -0.493 e. The lowest BCUT2D eigenvalue weighted by Crippen LogP contribution is -2.24. The van der Waals surface area contributed by atoms with Crippen molar-refractivity contribution in [1.29, 1.82) is 0 Å². The highest BCUT2D eigenvalue weighted by molar-refractivity contribution is 7.80. The molecule has 138 valence electrons. The second kappa shape index (κ2) is 9.05. The first-order valence-electron chi connectivity index (χ1n) is 7.95. The van der Waals surface area contributed by atoms with Crippen molar-refractivity contribution in [3.05, 3.63) is 47.0 Å². The number of rotatable bonds is 6. The maximum absolute atomic E-state index is 5.32. The summed E-state index contributed by atoms with van der Waals surface area (Å²) in [5.41, 5.74) is 6.84. The Hall–Kier alpha value is -2.80. The number of nitrogens with one attached hydrogen (secondary N) is 2. The van der Waals surface area contributed by atoms with Crippen molar-refractivity contribution in [2.75, 3.05) is 26.6 Å². The van der Waals surface area contributed by atoms with E-state index in [9.17, 15) is 0 Å². The summed E-state index contributed by atoms with van der Waals surface area (Å²) in [5.74, 6) is 1.65. The molecule has 0 heterocycles. The molecule has 0 saturated carbocycles. The van der Waals surface area contributed by atoms with Gasteiger partial charge in [-0.1, -0.05) is 17.7 Å². The van der Waals surface area contributed by atoms with E-state index in [1.165, 1.54) is 5.56 Å². The molecule has 0 aliphatic carbocycles. The Kier molecular flexibility index (Phi) is 6.80. The van der Waals surface area contributed by atoms with Gasteiger partial charge < -0.3 is 19.5 Å². The van der Waals surface area contributed by atoms with Crippen molar-refractivity contribution in [3.63, 3.8) is 0 Å². The Labute approximate surface area is 159 Å². The summed E-state index contributed by atoms with van der Waals surface area (Å²) in [6.45, 7) is 4.08. The van der Waals surface area contributed by atoms with Gasteiger partial charge in [0.1, 0.15) is 0 Å². The third-order valence-electron chi connectivity index (χ3n) is 3.70. The van der Waals surface area contributed by atoms with Crippen LogP contribution in [0.3, 0.4) is 0 Å². The lowest BCUT2D eigenvalue weighted by Gasteiger charge is -2.13. The quantitative estimate of drug-likeness (QED) is 0.458.